The number of aromatic nitrogens is 4. The zero-order valence-corrected chi connectivity index (χ0v) is 11.0. The van der Waals surface area contributed by atoms with Crippen LogP contribution in [-0.4, -0.2) is 25.6 Å². The third-order valence-electron chi connectivity index (χ3n) is 2.41. The molecule has 2 heterocycles. The van der Waals surface area contributed by atoms with Gasteiger partial charge in [-0.25, -0.2) is 0 Å². The molecule has 18 heavy (non-hydrogen) atoms. The van der Waals surface area contributed by atoms with Gasteiger partial charge in [0.05, 0.1) is 18.1 Å². The molecule has 1 N–H and O–H groups in total. The lowest BCUT2D eigenvalue weighted by molar-refractivity contribution is 0.759. The zero-order chi connectivity index (χ0) is 13.3. The summed E-state index contributed by atoms with van der Waals surface area (Å²) in [5.74, 6) is 0. The van der Waals surface area contributed by atoms with Gasteiger partial charge >= 0.3 is 0 Å². The second kappa shape index (κ2) is 4.64. The Morgan fingerprint density at radius 3 is 2.67 bits per heavy atom. The van der Waals surface area contributed by atoms with E-state index in [-0.39, 0.29) is 11.6 Å². The van der Waals surface area contributed by atoms with Crippen molar-refractivity contribution in [3.63, 3.8) is 0 Å². The summed E-state index contributed by atoms with van der Waals surface area (Å²) in [4.78, 5) is 12.3. The maximum absolute atomic E-state index is 12.3. The van der Waals surface area contributed by atoms with Crippen LogP contribution in [0.1, 0.15) is 19.5 Å². The van der Waals surface area contributed by atoms with Gasteiger partial charge in [-0.15, -0.1) is 0 Å². The first-order chi connectivity index (χ1) is 8.47. The number of anilines is 1. The van der Waals surface area contributed by atoms with Crippen LogP contribution in [0.4, 0.5) is 5.69 Å². The predicted octanol–water partition coefficient (Wildman–Crippen LogP) is 1.09. The summed E-state index contributed by atoms with van der Waals surface area (Å²) in [6.45, 7) is 5.84. The summed E-state index contributed by atoms with van der Waals surface area (Å²) in [7, 11) is 1.80. The maximum atomic E-state index is 12.3. The molecule has 0 spiro atoms. The fourth-order valence-electron chi connectivity index (χ4n) is 1.72. The first kappa shape index (κ1) is 12.3. The predicted molar refractivity (Wildman–Crippen MR) is 70.1 cm³/mol. The second-order valence-corrected chi connectivity index (χ2v) is 4.59. The Hall–Kier alpha value is -2.11. The van der Waals surface area contributed by atoms with Crippen molar-refractivity contribution >= 4 is 5.69 Å². The Labute approximate surface area is 105 Å². The Balaban J connectivity index is 2.54. The van der Waals surface area contributed by atoms with E-state index < -0.39 is 0 Å². The molecule has 2 aromatic rings. The van der Waals surface area contributed by atoms with Crippen molar-refractivity contribution < 1.29 is 0 Å². The standard InChI is InChI=1S/C12H17N5O/c1-8(2)14-11-5-9(3)15-17(12(11)18)10-6-13-16(4)7-10/h5-8,14H,1-4H3. The van der Waals surface area contributed by atoms with Crippen molar-refractivity contribution in [3.05, 3.63) is 34.5 Å². The van der Waals surface area contributed by atoms with Gasteiger partial charge in [0.25, 0.3) is 5.56 Å². The molecule has 2 rings (SSSR count). The van der Waals surface area contributed by atoms with Crippen molar-refractivity contribution in [1.29, 1.82) is 0 Å². The number of aryl methyl sites for hydroxylation is 2. The van der Waals surface area contributed by atoms with Crippen molar-refractivity contribution in [2.45, 2.75) is 26.8 Å². The van der Waals surface area contributed by atoms with Gasteiger partial charge in [-0.3, -0.25) is 9.48 Å². The molecule has 0 atom stereocenters. The van der Waals surface area contributed by atoms with Crippen LogP contribution < -0.4 is 10.9 Å². The fourth-order valence-corrected chi connectivity index (χ4v) is 1.72. The minimum atomic E-state index is -0.165. The summed E-state index contributed by atoms with van der Waals surface area (Å²) < 4.78 is 3.01. The molecule has 0 unspecified atom stereocenters. The molecule has 0 amide bonds. The Kier molecular flexibility index (Phi) is 3.18. The van der Waals surface area contributed by atoms with Gasteiger partial charge in [0.2, 0.25) is 0 Å². The third kappa shape index (κ3) is 2.42. The Bertz CT molecular complexity index is 611. The maximum Gasteiger partial charge on any atom is 0.294 e. The van der Waals surface area contributed by atoms with E-state index >= 15 is 0 Å². The molecular formula is C12H17N5O. The van der Waals surface area contributed by atoms with Crippen LogP contribution in [0.5, 0.6) is 0 Å². The molecule has 0 aliphatic rings. The molecule has 6 heteroatoms. The molecule has 0 fully saturated rings. The van der Waals surface area contributed by atoms with E-state index in [0.717, 1.165) is 5.69 Å². The number of nitrogens with zero attached hydrogens (tertiary/aromatic N) is 4. The molecule has 6 nitrogen and oxygen atoms in total. The van der Waals surface area contributed by atoms with Gasteiger partial charge in [0.15, 0.2) is 0 Å². The summed E-state index contributed by atoms with van der Waals surface area (Å²) in [5, 5.41) is 11.4. The Morgan fingerprint density at radius 2 is 2.11 bits per heavy atom. The second-order valence-electron chi connectivity index (χ2n) is 4.59. The monoisotopic (exact) mass is 247 g/mol. The van der Waals surface area contributed by atoms with E-state index in [4.69, 9.17) is 0 Å². The zero-order valence-electron chi connectivity index (χ0n) is 11.0. The van der Waals surface area contributed by atoms with Gasteiger partial charge in [-0.05, 0) is 26.8 Å². The van der Waals surface area contributed by atoms with Crippen LogP contribution in [-0.2, 0) is 7.05 Å². The highest BCUT2D eigenvalue weighted by Crippen LogP contribution is 2.07. The molecule has 0 saturated heterocycles. The lowest BCUT2D eigenvalue weighted by Gasteiger charge is -2.11. The first-order valence-corrected chi connectivity index (χ1v) is 5.84. The lowest BCUT2D eigenvalue weighted by atomic mass is 10.3. The van der Waals surface area contributed by atoms with Crippen LogP contribution in [0.3, 0.4) is 0 Å². The van der Waals surface area contributed by atoms with Gasteiger partial charge in [-0.1, -0.05) is 0 Å². The topological polar surface area (TPSA) is 64.7 Å². The van der Waals surface area contributed by atoms with Crippen LogP contribution in [0.2, 0.25) is 0 Å². The molecule has 96 valence electrons. The summed E-state index contributed by atoms with van der Waals surface area (Å²) >= 11 is 0. The largest absolute Gasteiger partial charge is 0.378 e. The molecule has 0 radical (unpaired) electrons. The van der Waals surface area contributed by atoms with Crippen LogP contribution in [0.15, 0.2) is 23.3 Å². The van der Waals surface area contributed by atoms with E-state index in [1.165, 1.54) is 4.68 Å². The molecular weight excluding hydrogens is 230 g/mol. The fraction of sp³-hybridized carbons (Fsp3) is 0.417. The summed E-state index contributed by atoms with van der Waals surface area (Å²) in [6, 6.07) is 1.96. The minimum absolute atomic E-state index is 0.165. The van der Waals surface area contributed by atoms with Gasteiger partial charge < -0.3 is 5.32 Å². The highest BCUT2D eigenvalue weighted by atomic mass is 16.1. The van der Waals surface area contributed by atoms with Crippen molar-refractivity contribution in [1.82, 2.24) is 19.6 Å². The lowest BCUT2D eigenvalue weighted by Crippen LogP contribution is -2.27. The third-order valence-corrected chi connectivity index (χ3v) is 2.41. The Morgan fingerprint density at radius 1 is 1.39 bits per heavy atom. The quantitative estimate of drug-likeness (QED) is 0.882. The van der Waals surface area contributed by atoms with Gasteiger partial charge in [0, 0.05) is 13.1 Å². The van der Waals surface area contributed by atoms with Crippen LogP contribution >= 0.6 is 0 Å². The molecule has 0 aliphatic carbocycles. The van der Waals surface area contributed by atoms with Crippen molar-refractivity contribution in [3.8, 4) is 5.69 Å². The van der Waals surface area contributed by atoms with Gasteiger partial charge in [0.1, 0.15) is 11.4 Å². The summed E-state index contributed by atoms with van der Waals surface area (Å²) in [6.07, 6.45) is 3.37. The highest BCUT2D eigenvalue weighted by Gasteiger charge is 2.10. The van der Waals surface area contributed by atoms with E-state index in [2.05, 4.69) is 15.5 Å². The normalized spacial score (nSPS) is 10.9. The first-order valence-electron chi connectivity index (χ1n) is 5.84. The van der Waals surface area contributed by atoms with Crippen molar-refractivity contribution in [2.75, 3.05) is 5.32 Å². The average molecular weight is 247 g/mol. The van der Waals surface area contributed by atoms with Gasteiger partial charge in [-0.2, -0.15) is 14.9 Å². The molecule has 0 bridgehead atoms. The van der Waals surface area contributed by atoms with Crippen molar-refractivity contribution in [2.24, 2.45) is 7.05 Å². The molecule has 0 saturated carbocycles. The number of nitrogens with one attached hydrogen (secondary N) is 1. The van der Waals surface area contributed by atoms with Crippen LogP contribution in [0.25, 0.3) is 5.69 Å². The van der Waals surface area contributed by atoms with E-state index in [1.807, 2.05) is 20.8 Å². The number of hydrogen-bond donors (Lipinski definition) is 1. The minimum Gasteiger partial charge on any atom is -0.378 e. The van der Waals surface area contributed by atoms with E-state index in [1.54, 1.807) is 30.2 Å². The summed E-state index contributed by atoms with van der Waals surface area (Å²) in [5.41, 5.74) is 1.84. The molecule has 0 aliphatic heterocycles. The molecule has 0 aromatic carbocycles. The molecule has 2 aromatic heterocycles. The van der Waals surface area contributed by atoms with Crippen LogP contribution in [0, 0.1) is 6.92 Å². The SMILES string of the molecule is Cc1cc(NC(C)C)c(=O)n(-c2cnn(C)c2)n1. The number of rotatable bonds is 3. The van der Waals surface area contributed by atoms with E-state index in [0.29, 0.717) is 11.4 Å². The number of hydrogen-bond acceptors (Lipinski definition) is 4. The van der Waals surface area contributed by atoms with E-state index in [9.17, 15) is 4.79 Å². The smallest absolute Gasteiger partial charge is 0.294 e. The average Bonchev–Trinajstić information content (AvgIpc) is 2.69. The highest BCUT2D eigenvalue weighted by molar-refractivity contribution is 5.44.